The van der Waals surface area contributed by atoms with E-state index in [4.69, 9.17) is 16.3 Å². The molecule has 0 aromatic heterocycles. The molecule has 0 bridgehead atoms. The molecule has 4 heteroatoms. The van der Waals surface area contributed by atoms with Crippen LogP contribution in [0.2, 0.25) is 5.02 Å². The molecule has 1 N–H and O–H groups in total. The molecule has 0 amide bonds. The van der Waals surface area contributed by atoms with Gasteiger partial charge in [0, 0.05) is 24.2 Å². The minimum absolute atomic E-state index is 0.534. The molecule has 0 radical (unpaired) electrons. The lowest BCUT2D eigenvalue weighted by Gasteiger charge is -2.23. The van der Waals surface area contributed by atoms with Crippen LogP contribution in [0.5, 0.6) is 5.75 Å². The number of likely N-dealkylation sites (tertiary alicyclic amines) is 1. The first-order chi connectivity index (χ1) is 12.2. The van der Waals surface area contributed by atoms with Crippen LogP contribution in [0.15, 0.2) is 48.5 Å². The summed E-state index contributed by atoms with van der Waals surface area (Å²) in [5, 5.41) is 4.34. The fourth-order valence-corrected chi connectivity index (χ4v) is 3.64. The van der Waals surface area contributed by atoms with E-state index in [9.17, 15) is 0 Å². The lowest BCUT2D eigenvalue weighted by molar-refractivity contribution is 0.260. The number of hydrogen-bond acceptors (Lipinski definition) is 3. The second kappa shape index (κ2) is 9.23. The second-order valence-corrected chi connectivity index (χ2v) is 7.05. The molecular formula is C21H27ClN2O. The number of hydrogen-bond donors (Lipinski definition) is 1. The molecule has 1 saturated heterocycles. The number of nitrogens with one attached hydrogen (secondary N) is 1. The van der Waals surface area contributed by atoms with Crippen LogP contribution in [0.1, 0.15) is 30.9 Å². The quantitative estimate of drug-likeness (QED) is 0.752. The molecule has 3 rings (SSSR count). The van der Waals surface area contributed by atoms with Gasteiger partial charge in [0.05, 0.1) is 0 Å². The lowest BCUT2D eigenvalue weighted by atomic mass is 10.2. The molecule has 0 saturated carbocycles. The van der Waals surface area contributed by atoms with Gasteiger partial charge in [0.15, 0.2) is 0 Å². The van der Waals surface area contributed by atoms with Crippen LogP contribution in [0.3, 0.4) is 0 Å². The van der Waals surface area contributed by atoms with Crippen molar-refractivity contribution in [2.24, 2.45) is 0 Å². The van der Waals surface area contributed by atoms with Crippen LogP contribution in [-0.2, 0) is 13.2 Å². The van der Waals surface area contributed by atoms with E-state index in [0.29, 0.717) is 12.6 Å². The molecule has 134 valence electrons. The van der Waals surface area contributed by atoms with Crippen LogP contribution in [0.25, 0.3) is 0 Å². The zero-order valence-corrected chi connectivity index (χ0v) is 15.6. The summed E-state index contributed by atoms with van der Waals surface area (Å²) in [6, 6.07) is 16.8. The zero-order valence-electron chi connectivity index (χ0n) is 14.9. The monoisotopic (exact) mass is 358 g/mol. The van der Waals surface area contributed by atoms with Crippen molar-refractivity contribution < 1.29 is 4.74 Å². The summed E-state index contributed by atoms with van der Waals surface area (Å²) in [5.74, 6) is 0.886. The third-order valence-electron chi connectivity index (χ3n) is 4.83. The Labute approximate surface area is 155 Å². The van der Waals surface area contributed by atoms with Crippen LogP contribution >= 0.6 is 11.6 Å². The van der Waals surface area contributed by atoms with Crippen LogP contribution < -0.4 is 10.1 Å². The first-order valence-electron chi connectivity index (χ1n) is 9.15. The molecular weight excluding hydrogens is 332 g/mol. The van der Waals surface area contributed by atoms with Crippen LogP contribution in [0, 0.1) is 0 Å². The normalized spacial score (nSPS) is 17.8. The molecule has 0 unspecified atom stereocenters. The Balaban J connectivity index is 1.42. The first-order valence-corrected chi connectivity index (χ1v) is 9.53. The topological polar surface area (TPSA) is 24.5 Å². The standard InChI is InChI=1S/C21H27ClN2O/c1-2-24-12-4-7-20(24)15-23-14-17-8-10-21(11-9-17)25-16-18-5-3-6-19(22)13-18/h3,5-6,8-11,13,20,23H,2,4,7,12,14-16H2,1H3/t20-/m0/s1. The molecule has 1 aliphatic heterocycles. The Morgan fingerprint density at radius 1 is 1.16 bits per heavy atom. The number of benzene rings is 2. The van der Waals surface area contributed by atoms with Gasteiger partial charge >= 0.3 is 0 Å². The first kappa shape index (κ1) is 18.2. The van der Waals surface area contributed by atoms with Crippen molar-refractivity contribution in [3.8, 4) is 5.75 Å². The maximum atomic E-state index is 6.00. The van der Waals surface area contributed by atoms with Gasteiger partial charge in [-0.15, -0.1) is 0 Å². The summed E-state index contributed by atoms with van der Waals surface area (Å²) in [5.41, 5.74) is 2.37. The van der Waals surface area contributed by atoms with Gasteiger partial charge in [0.1, 0.15) is 12.4 Å². The Morgan fingerprint density at radius 3 is 2.76 bits per heavy atom. The van der Waals surface area contributed by atoms with E-state index in [1.165, 1.54) is 24.9 Å². The van der Waals surface area contributed by atoms with Crippen molar-refractivity contribution in [3.63, 3.8) is 0 Å². The van der Waals surface area contributed by atoms with Crippen LogP contribution in [-0.4, -0.2) is 30.6 Å². The highest BCUT2D eigenvalue weighted by Crippen LogP contribution is 2.17. The van der Waals surface area contributed by atoms with Gasteiger partial charge in [0.2, 0.25) is 0 Å². The summed E-state index contributed by atoms with van der Waals surface area (Å²) < 4.78 is 5.83. The minimum Gasteiger partial charge on any atom is -0.489 e. The summed E-state index contributed by atoms with van der Waals surface area (Å²) in [4.78, 5) is 2.57. The van der Waals surface area contributed by atoms with Crippen LogP contribution in [0.4, 0.5) is 0 Å². The van der Waals surface area contributed by atoms with Gasteiger partial charge in [-0.3, -0.25) is 4.90 Å². The van der Waals surface area contributed by atoms with Gasteiger partial charge in [-0.05, 0) is 61.3 Å². The third kappa shape index (κ3) is 5.46. The number of ether oxygens (including phenoxy) is 1. The number of rotatable bonds is 8. The van der Waals surface area contributed by atoms with E-state index in [2.05, 4.69) is 29.3 Å². The molecule has 2 aromatic carbocycles. The van der Waals surface area contributed by atoms with Gasteiger partial charge in [-0.1, -0.05) is 42.8 Å². The highest BCUT2D eigenvalue weighted by Gasteiger charge is 2.21. The zero-order chi connectivity index (χ0) is 17.5. The van der Waals surface area contributed by atoms with Crippen molar-refractivity contribution in [1.29, 1.82) is 0 Å². The Kier molecular flexibility index (Phi) is 6.74. The van der Waals surface area contributed by atoms with E-state index in [1.807, 2.05) is 36.4 Å². The van der Waals surface area contributed by atoms with Crippen molar-refractivity contribution in [3.05, 3.63) is 64.7 Å². The summed E-state index contributed by atoms with van der Waals surface area (Å²) in [6.45, 7) is 7.17. The predicted molar refractivity (Wildman–Crippen MR) is 104 cm³/mol. The predicted octanol–water partition coefficient (Wildman–Crippen LogP) is 4.49. The van der Waals surface area contributed by atoms with Gasteiger partial charge in [0.25, 0.3) is 0 Å². The number of halogens is 1. The Bertz CT molecular complexity index is 659. The highest BCUT2D eigenvalue weighted by molar-refractivity contribution is 6.30. The molecule has 25 heavy (non-hydrogen) atoms. The molecule has 1 atom stereocenters. The third-order valence-corrected chi connectivity index (χ3v) is 5.07. The average molecular weight is 359 g/mol. The van der Waals surface area contributed by atoms with Gasteiger partial charge in [-0.2, -0.15) is 0 Å². The molecule has 3 nitrogen and oxygen atoms in total. The summed E-state index contributed by atoms with van der Waals surface area (Å²) in [7, 11) is 0. The lowest BCUT2D eigenvalue weighted by Crippen LogP contribution is -2.37. The maximum Gasteiger partial charge on any atom is 0.119 e. The van der Waals surface area contributed by atoms with Gasteiger partial charge < -0.3 is 10.1 Å². The summed E-state index contributed by atoms with van der Waals surface area (Å²) >= 11 is 6.00. The SMILES string of the molecule is CCN1CCC[C@H]1CNCc1ccc(OCc2cccc(Cl)c2)cc1. The van der Waals surface area contributed by atoms with Crippen molar-refractivity contribution in [1.82, 2.24) is 10.2 Å². The smallest absolute Gasteiger partial charge is 0.119 e. The summed E-state index contributed by atoms with van der Waals surface area (Å²) in [6.07, 6.45) is 2.65. The largest absolute Gasteiger partial charge is 0.489 e. The van der Waals surface area contributed by atoms with E-state index < -0.39 is 0 Å². The molecule has 0 aliphatic carbocycles. The fourth-order valence-electron chi connectivity index (χ4n) is 3.42. The molecule has 0 spiro atoms. The number of nitrogens with zero attached hydrogens (tertiary/aromatic N) is 1. The maximum absolute atomic E-state index is 6.00. The van der Waals surface area contributed by atoms with E-state index in [1.54, 1.807) is 0 Å². The van der Waals surface area contributed by atoms with Crippen molar-refractivity contribution in [2.45, 2.75) is 39.0 Å². The second-order valence-electron chi connectivity index (χ2n) is 6.62. The van der Waals surface area contributed by atoms with E-state index >= 15 is 0 Å². The molecule has 2 aromatic rings. The average Bonchev–Trinajstić information content (AvgIpc) is 3.09. The Hall–Kier alpha value is -1.55. The van der Waals surface area contributed by atoms with E-state index in [0.717, 1.165) is 36.0 Å². The molecule has 1 heterocycles. The highest BCUT2D eigenvalue weighted by atomic mass is 35.5. The fraction of sp³-hybridized carbons (Fsp3) is 0.429. The molecule has 1 aliphatic rings. The molecule has 1 fully saturated rings. The minimum atomic E-state index is 0.534. The van der Waals surface area contributed by atoms with E-state index in [-0.39, 0.29) is 0 Å². The Morgan fingerprint density at radius 2 is 2.00 bits per heavy atom. The van der Waals surface area contributed by atoms with Gasteiger partial charge in [-0.25, -0.2) is 0 Å². The van der Waals surface area contributed by atoms with Crippen molar-refractivity contribution in [2.75, 3.05) is 19.6 Å². The number of likely N-dealkylation sites (N-methyl/N-ethyl adjacent to an activating group) is 1. The van der Waals surface area contributed by atoms with Crippen molar-refractivity contribution >= 4 is 11.6 Å².